The van der Waals surface area contributed by atoms with Crippen molar-refractivity contribution in [3.8, 4) is 5.75 Å². The number of carbonyl (C=O) groups excluding carboxylic acids is 3. The number of imide groups is 1. The van der Waals surface area contributed by atoms with Gasteiger partial charge in [0, 0.05) is 22.8 Å². The highest BCUT2D eigenvalue weighted by Crippen LogP contribution is 2.18. The van der Waals surface area contributed by atoms with Crippen LogP contribution in [-0.4, -0.2) is 36.6 Å². The molecule has 0 aliphatic carbocycles. The van der Waals surface area contributed by atoms with Crippen molar-refractivity contribution in [2.45, 2.75) is 6.42 Å². The van der Waals surface area contributed by atoms with Crippen LogP contribution in [0.3, 0.4) is 0 Å². The van der Waals surface area contributed by atoms with Gasteiger partial charge in [0.25, 0.3) is 5.91 Å². The maximum Gasteiger partial charge on any atom is 0.325 e. The third kappa shape index (κ3) is 4.88. The number of H-pyrrole nitrogens is 1. The number of hydrogen-bond acceptors (Lipinski definition) is 5. The second kappa shape index (κ2) is 8.72. The minimum atomic E-state index is -0.724. The lowest BCUT2D eigenvalue weighted by Crippen LogP contribution is -2.37. The van der Waals surface area contributed by atoms with E-state index in [-0.39, 0.29) is 6.42 Å². The summed E-state index contributed by atoms with van der Waals surface area (Å²) in [4.78, 5) is 38.6. The lowest BCUT2D eigenvalue weighted by atomic mass is 10.1. The molecule has 0 aliphatic heterocycles. The molecule has 8 heteroatoms. The van der Waals surface area contributed by atoms with Crippen molar-refractivity contribution in [2.24, 2.45) is 0 Å². The van der Waals surface area contributed by atoms with E-state index in [4.69, 9.17) is 9.47 Å². The lowest BCUT2D eigenvalue weighted by molar-refractivity contribution is -0.147. The van der Waals surface area contributed by atoms with Crippen molar-refractivity contribution >= 4 is 34.5 Å². The number of methoxy groups -OCH3 is 1. The average Bonchev–Trinajstić information content (AvgIpc) is 3.10. The number of fused-ring (bicyclic) bond motifs is 1. The first-order chi connectivity index (χ1) is 13.5. The van der Waals surface area contributed by atoms with Crippen molar-refractivity contribution in [2.75, 3.05) is 19.0 Å². The number of benzene rings is 2. The molecule has 3 aromatic rings. The SMILES string of the molecule is COc1ccc(NC(=O)NC(=O)COC(=O)Cc2c[nH]c3ccccc23)cc1. The number of esters is 1. The highest BCUT2D eigenvalue weighted by atomic mass is 16.5. The average molecular weight is 381 g/mol. The van der Waals surface area contributed by atoms with Gasteiger partial charge in [0.15, 0.2) is 6.61 Å². The first kappa shape index (κ1) is 19.0. The van der Waals surface area contributed by atoms with E-state index < -0.39 is 24.5 Å². The number of para-hydroxylation sites is 1. The molecule has 0 atom stereocenters. The van der Waals surface area contributed by atoms with Gasteiger partial charge in [0.1, 0.15) is 5.75 Å². The first-order valence-corrected chi connectivity index (χ1v) is 8.50. The molecule has 28 heavy (non-hydrogen) atoms. The van der Waals surface area contributed by atoms with E-state index in [2.05, 4.69) is 15.6 Å². The molecule has 1 heterocycles. The van der Waals surface area contributed by atoms with E-state index in [1.165, 1.54) is 7.11 Å². The van der Waals surface area contributed by atoms with Crippen LogP contribution in [0.15, 0.2) is 54.7 Å². The van der Waals surface area contributed by atoms with Crippen molar-refractivity contribution in [3.63, 3.8) is 0 Å². The van der Waals surface area contributed by atoms with Gasteiger partial charge in [0.2, 0.25) is 0 Å². The number of aromatic amines is 1. The summed E-state index contributed by atoms with van der Waals surface area (Å²) in [6.07, 6.45) is 1.75. The number of anilines is 1. The van der Waals surface area contributed by atoms with Crippen LogP contribution in [0, 0.1) is 0 Å². The topological polar surface area (TPSA) is 110 Å². The molecule has 3 rings (SSSR count). The summed E-state index contributed by atoms with van der Waals surface area (Å²) in [7, 11) is 1.54. The van der Waals surface area contributed by atoms with E-state index >= 15 is 0 Å². The summed E-state index contributed by atoms with van der Waals surface area (Å²) in [5.41, 5.74) is 2.18. The van der Waals surface area contributed by atoms with Gasteiger partial charge in [-0.15, -0.1) is 0 Å². The second-order valence-electron chi connectivity index (χ2n) is 5.93. The van der Waals surface area contributed by atoms with Crippen LogP contribution in [0.1, 0.15) is 5.56 Å². The molecular formula is C20H19N3O5. The number of carbonyl (C=O) groups is 3. The fourth-order valence-electron chi connectivity index (χ4n) is 2.63. The van der Waals surface area contributed by atoms with Crippen LogP contribution >= 0.6 is 0 Å². The summed E-state index contributed by atoms with van der Waals surface area (Å²) in [5, 5.41) is 5.51. The first-order valence-electron chi connectivity index (χ1n) is 8.50. The van der Waals surface area contributed by atoms with Gasteiger partial charge in [-0.25, -0.2) is 4.79 Å². The molecule has 8 nitrogen and oxygen atoms in total. The zero-order valence-electron chi connectivity index (χ0n) is 15.2. The molecule has 1 aromatic heterocycles. The highest BCUT2D eigenvalue weighted by molar-refractivity contribution is 6.02. The van der Waals surface area contributed by atoms with Gasteiger partial charge < -0.3 is 19.8 Å². The van der Waals surface area contributed by atoms with Crippen LogP contribution in [0.5, 0.6) is 5.75 Å². The Bertz CT molecular complexity index is 995. The second-order valence-corrected chi connectivity index (χ2v) is 5.93. The third-order valence-electron chi connectivity index (χ3n) is 3.97. The normalized spacial score (nSPS) is 10.3. The molecule has 2 aromatic carbocycles. The molecule has 144 valence electrons. The van der Waals surface area contributed by atoms with Crippen molar-refractivity contribution in [1.29, 1.82) is 0 Å². The summed E-state index contributed by atoms with van der Waals surface area (Å²) < 4.78 is 9.97. The number of ether oxygens (including phenoxy) is 2. The van der Waals surface area contributed by atoms with E-state index in [1.54, 1.807) is 30.5 Å². The number of aromatic nitrogens is 1. The molecule has 0 saturated heterocycles. The van der Waals surface area contributed by atoms with Gasteiger partial charge in [0.05, 0.1) is 13.5 Å². The Kier molecular flexibility index (Phi) is 5.91. The maximum absolute atomic E-state index is 12.0. The van der Waals surface area contributed by atoms with Crippen LogP contribution in [0.25, 0.3) is 10.9 Å². The van der Waals surface area contributed by atoms with Crippen molar-refractivity contribution < 1.29 is 23.9 Å². The smallest absolute Gasteiger partial charge is 0.325 e. The molecule has 3 N–H and O–H groups in total. The number of rotatable bonds is 6. The van der Waals surface area contributed by atoms with Gasteiger partial charge in [-0.3, -0.25) is 14.9 Å². The predicted molar refractivity (Wildman–Crippen MR) is 103 cm³/mol. The monoisotopic (exact) mass is 381 g/mol. The fraction of sp³-hybridized carbons (Fsp3) is 0.150. The van der Waals surface area contributed by atoms with E-state index in [0.29, 0.717) is 11.4 Å². The number of hydrogen-bond donors (Lipinski definition) is 3. The van der Waals surface area contributed by atoms with Crippen molar-refractivity contribution in [3.05, 3.63) is 60.3 Å². The molecule has 0 aliphatic rings. The van der Waals surface area contributed by atoms with Crippen LogP contribution in [0.4, 0.5) is 10.5 Å². The van der Waals surface area contributed by atoms with Gasteiger partial charge in [-0.2, -0.15) is 0 Å². The Morgan fingerprint density at radius 1 is 1.04 bits per heavy atom. The molecule has 0 bridgehead atoms. The highest BCUT2D eigenvalue weighted by Gasteiger charge is 2.13. The number of urea groups is 1. The Morgan fingerprint density at radius 3 is 2.54 bits per heavy atom. The van der Waals surface area contributed by atoms with Crippen LogP contribution < -0.4 is 15.4 Å². The number of nitrogens with one attached hydrogen (secondary N) is 3. The zero-order valence-corrected chi connectivity index (χ0v) is 15.2. The summed E-state index contributed by atoms with van der Waals surface area (Å²) in [5.74, 6) is -0.641. The van der Waals surface area contributed by atoms with Crippen LogP contribution in [0.2, 0.25) is 0 Å². The Morgan fingerprint density at radius 2 is 1.79 bits per heavy atom. The van der Waals surface area contributed by atoms with Gasteiger partial charge in [-0.05, 0) is 35.9 Å². The Hall–Kier alpha value is -3.81. The summed E-state index contributed by atoms with van der Waals surface area (Å²) in [6, 6.07) is 13.4. The molecule has 3 amide bonds. The summed E-state index contributed by atoms with van der Waals surface area (Å²) >= 11 is 0. The molecule has 0 radical (unpaired) electrons. The lowest BCUT2D eigenvalue weighted by Gasteiger charge is -2.08. The van der Waals surface area contributed by atoms with Crippen LogP contribution in [-0.2, 0) is 20.7 Å². The summed E-state index contributed by atoms with van der Waals surface area (Å²) in [6.45, 7) is -0.544. The van der Waals surface area contributed by atoms with E-state index in [9.17, 15) is 14.4 Å². The van der Waals surface area contributed by atoms with Crippen molar-refractivity contribution in [1.82, 2.24) is 10.3 Å². The van der Waals surface area contributed by atoms with Gasteiger partial charge >= 0.3 is 12.0 Å². The van der Waals surface area contributed by atoms with E-state index in [1.807, 2.05) is 24.3 Å². The van der Waals surface area contributed by atoms with E-state index in [0.717, 1.165) is 16.5 Å². The largest absolute Gasteiger partial charge is 0.497 e. The fourth-order valence-corrected chi connectivity index (χ4v) is 2.63. The molecule has 0 spiro atoms. The Balaban J connectivity index is 1.44. The predicted octanol–water partition coefficient (Wildman–Crippen LogP) is 2.61. The Labute approximate surface area is 160 Å². The zero-order chi connectivity index (χ0) is 19.9. The number of amides is 3. The molecule has 0 unspecified atom stereocenters. The third-order valence-corrected chi connectivity index (χ3v) is 3.97. The minimum absolute atomic E-state index is 0.0232. The molecule has 0 saturated carbocycles. The standard InChI is InChI=1S/C20H19N3O5/c1-27-15-8-6-14(7-9-15)22-20(26)23-18(24)12-28-19(25)10-13-11-21-17-5-3-2-4-16(13)17/h2-9,11,21H,10,12H2,1H3,(H2,22,23,24,26). The molecular weight excluding hydrogens is 362 g/mol. The molecule has 0 fully saturated rings. The van der Waals surface area contributed by atoms with Gasteiger partial charge in [-0.1, -0.05) is 18.2 Å². The minimum Gasteiger partial charge on any atom is -0.497 e. The maximum atomic E-state index is 12.0. The quantitative estimate of drug-likeness (QED) is 0.569.